The standard InChI is InChI=1S/C16H16F3NS/c1-10-3-5-13(7-11(10)2)21-15-6-4-12(9-20)8-14(15)16(17,18)19/h3-8H,9,20H2,1-2H3. The summed E-state index contributed by atoms with van der Waals surface area (Å²) in [6.45, 7) is 4.01. The number of benzene rings is 2. The molecule has 0 bridgehead atoms. The van der Waals surface area contributed by atoms with Crippen molar-refractivity contribution in [1.29, 1.82) is 0 Å². The van der Waals surface area contributed by atoms with E-state index in [0.29, 0.717) is 5.56 Å². The highest BCUT2D eigenvalue weighted by atomic mass is 32.2. The first kappa shape index (κ1) is 15.9. The molecule has 0 heterocycles. The lowest BCUT2D eigenvalue weighted by atomic mass is 10.1. The highest BCUT2D eigenvalue weighted by Crippen LogP contribution is 2.40. The van der Waals surface area contributed by atoms with E-state index in [-0.39, 0.29) is 11.4 Å². The second kappa shape index (κ2) is 6.12. The van der Waals surface area contributed by atoms with Gasteiger partial charge in [-0.25, -0.2) is 0 Å². The summed E-state index contributed by atoms with van der Waals surface area (Å²) in [6, 6.07) is 9.91. The Kier molecular flexibility index (Phi) is 4.64. The molecule has 2 aromatic rings. The fraction of sp³-hybridized carbons (Fsp3) is 0.250. The predicted octanol–water partition coefficient (Wildman–Crippen LogP) is 4.93. The van der Waals surface area contributed by atoms with Gasteiger partial charge in [0.1, 0.15) is 0 Å². The number of rotatable bonds is 3. The molecule has 0 fully saturated rings. The number of hydrogen-bond donors (Lipinski definition) is 1. The average Bonchev–Trinajstić information content (AvgIpc) is 2.42. The first-order valence-corrected chi connectivity index (χ1v) is 7.28. The van der Waals surface area contributed by atoms with E-state index >= 15 is 0 Å². The Balaban J connectivity index is 2.41. The van der Waals surface area contributed by atoms with E-state index in [4.69, 9.17) is 5.73 Å². The van der Waals surface area contributed by atoms with Crippen LogP contribution in [0.15, 0.2) is 46.2 Å². The summed E-state index contributed by atoms with van der Waals surface area (Å²) in [5, 5.41) is 0. The predicted molar refractivity (Wildman–Crippen MR) is 79.4 cm³/mol. The van der Waals surface area contributed by atoms with Crippen LogP contribution in [-0.4, -0.2) is 0 Å². The molecule has 0 unspecified atom stereocenters. The van der Waals surface area contributed by atoms with Crippen LogP contribution >= 0.6 is 11.8 Å². The van der Waals surface area contributed by atoms with Gasteiger partial charge >= 0.3 is 6.18 Å². The Bertz CT molecular complexity index is 650. The number of halogens is 3. The van der Waals surface area contributed by atoms with Gasteiger partial charge in [0.15, 0.2) is 0 Å². The fourth-order valence-electron chi connectivity index (χ4n) is 1.92. The molecular weight excluding hydrogens is 295 g/mol. The third kappa shape index (κ3) is 3.80. The first-order chi connectivity index (χ1) is 9.81. The van der Waals surface area contributed by atoms with Crippen LogP contribution in [0.3, 0.4) is 0 Å². The summed E-state index contributed by atoms with van der Waals surface area (Å²) in [7, 11) is 0. The normalized spacial score (nSPS) is 11.7. The van der Waals surface area contributed by atoms with Crippen molar-refractivity contribution in [2.45, 2.75) is 36.4 Å². The van der Waals surface area contributed by atoms with Gasteiger partial charge in [-0.2, -0.15) is 13.2 Å². The molecule has 1 nitrogen and oxygen atoms in total. The third-order valence-electron chi connectivity index (χ3n) is 3.29. The van der Waals surface area contributed by atoms with Gasteiger partial charge in [-0.3, -0.25) is 0 Å². The molecule has 0 aromatic heterocycles. The molecule has 2 aromatic carbocycles. The van der Waals surface area contributed by atoms with E-state index in [1.165, 1.54) is 6.07 Å². The van der Waals surface area contributed by atoms with Crippen LogP contribution in [0.25, 0.3) is 0 Å². The van der Waals surface area contributed by atoms with E-state index in [1.807, 2.05) is 32.0 Å². The molecule has 21 heavy (non-hydrogen) atoms. The first-order valence-electron chi connectivity index (χ1n) is 6.46. The molecule has 0 saturated carbocycles. The lowest BCUT2D eigenvalue weighted by Crippen LogP contribution is -2.08. The molecule has 0 spiro atoms. The van der Waals surface area contributed by atoms with Crippen molar-refractivity contribution < 1.29 is 13.2 Å². The van der Waals surface area contributed by atoms with Crippen LogP contribution < -0.4 is 5.73 Å². The Morgan fingerprint density at radius 1 is 1.00 bits per heavy atom. The summed E-state index contributed by atoms with van der Waals surface area (Å²) < 4.78 is 39.5. The SMILES string of the molecule is Cc1ccc(Sc2ccc(CN)cc2C(F)(F)F)cc1C. The monoisotopic (exact) mass is 311 g/mol. The lowest BCUT2D eigenvalue weighted by Gasteiger charge is -2.14. The third-order valence-corrected chi connectivity index (χ3v) is 4.36. The van der Waals surface area contributed by atoms with E-state index in [9.17, 15) is 13.2 Å². The molecule has 0 saturated heterocycles. The Morgan fingerprint density at radius 2 is 1.71 bits per heavy atom. The number of hydrogen-bond acceptors (Lipinski definition) is 2. The van der Waals surface area contributed by atoms with E-state index < -0.39 is 11.7 Å². The molecule has 112 valence electrons. The van der Waals surface area contributed by atoms with Crippen molar-refractivity contribution in [2.24, 2.45) is 5.73 Å². The van der Waals surface area contributed by atoms with E-state index in [2.05, 4.69) is 0 Å². The van der Waals surface area contributed by atoms with Crippen LogP contribution in [0.1, 0.15) is 22.3 Å². The van der Waals surface area contributed by atoms with Gasteiger partial charge in [0.05, 0.1) is 5.56 Å². The minimum atomic E-state index is -4.38. The molecule has 0 radical (unpaired) electrons. The zero-order valence-corrected chi connectivity index (χ0v) is 12.6. The van der Waals surface area contributed by atoms with Crippen molar-refractivity contribution in [3.63, 3.8) is 0 Å². The van der Waals surface area contributed by atoms with Crippen molar-refractivity contribution >= 4 is 11.8 Å². The van der Waals surface area contributed by atoms with Gasteiger partial charge in [-0.1, -0.05) is 23.9 Å². The minimum Gasteiger partial charge on any atom is -0.326 e. The minimum absolute atomic E-state index is 0.0949. The zero-order chi connectivity index (χ0) is 15.6. The van der Waals surface area contributed by atoms with Gasteiger partial charge in [0.25, 0.3) is 0 Å². The quantitative estimate of drug-likeness (QED) is 0.869. The molecule has 2 rings (SSSR count). The molecule has 0 aliphatic rings. The van der Waals surface area contributed by atoms with E-state index in [0.717, 1.165) is 33.9 Å². The van der Waals surface area contributed by atoms with Gasteiger partial charge in [0, 0.05) is 16.3 Å². The molecular formula is C16H16F3NS. The number of aryl methyl sites for hydroxylation is 2. The number of alkyl halides is 3. The van der Waals surface area contributed by atoms with Crippen LogP contribution in [-0.2, 0) is 12.7 Å². The summed E-state index contributed by atoms with van der Waals surface area (Å²) in [6.07, 6.45) is -4.38. The summed E-state index contributed by atoms with van der Waals surface area (Å²) in [5.74, 6) is 0. The topological polar surface area (TPSA) is 26.0 Å². The summed E-state index contributed by atoms with van der Waals surface area (Å²) in [5.41, 5.74) is 7.46. The zero-order valence-electron chi connectivity index (χ0n) is 11.8. The smallest absolute Gasteiger partial charge is 0.326 e. The highest BCUT2D eigenvalue weighted by molar-refractivity contribution is 7.99. The second-order valence-electron chi connectivity index (χ2n) is 4.88. The second-order valence-corrected chi connectivity index (χ2v) is 6.00. The molecule has 0 aliphatic heterocycles. The van der Waals surface area contributed by atoms with Crippen molar-refractivity contribution in [1.82, 2.24) is 0 Å². The maximum absolute atomic E-state index is 13.2. The van der Waals surface area contributed by atoms with Crippen molar-refractivity contribution in [2.75, 3.05) is 0 Å². The highest BCUT2D eigenvalue weighted by Gasteiger charge is 2.33. The molecule has 0 amide bonds. The van der Waals surface area contributed by atoms with Crippen LogP contribution in [0.2, 0.25) is 0 Å². The lowest BCUT2D eigenvalue weighted by molar-refractivity contribution is -0.139. The molecule has 0 atom stereocenters. The van der Waals surface area contributed by atoms with Gasteiger partial charge in [-0.15, -0.1) is 0 Å². The summed E-state index contributed by atoms with van der Waals surface area (Å²) >= 11 is 1.12. The van der Waals surface area contributed by atoms with Crippen molar-refractivity contribution in [3.8, 4) is 0 Å². The van der Waals surface area contributed by atoms with Gasteiger partial charge < -0.3 is 5.73 Å². The largest absolute Gasteiger partial charge is 0.417 e. The number of nitrogens with two attached hydrogens (primary N) is 1. The van der Waals surface area contributed by atoms with Gasteiger partial charge in [0.2, 0.25) is 0 Å². The maximum atomic E-state index is 13.2. The van der Waals surface area contributed by atoms with Crippen LogP contribution in [0.5, 0.6) is 0 Å². The van der Waals surface area contributed by atoms with E-state index in [1.54, 1.807) is 6.07 Å². The van der Waals surface area contributed by atoms with Crippen LogP contribution in [0, 0.1) is 13.8 Å². The van der Waals surface area contributed by atoms with Crippen LogP contribution in [0.4, 0.5) is 13.2 Å². The Morgan fingerprint density at radius 3 is 2.29 bits per heavy atom. The maximum Gasteiger partial charge on any atom is 0.417 e. The van der Waals surface area contributed by atoms with Gasteiger partial charge in [-0.05, 0) is 54.8 Å². The Hall–Kier alpha value is -1.46. The molecule has 2 N–H and O–H groups in total. The summed E-state index contributed by atoms with van der Waals surface area (Å²) in [4.78, 5) is 0.993. The average molecular weight is 311 g/mol. The Labute approximate surface area is 126 Å². The molecule has 5 heteroatoms. The van der Waals surface area contributed by atoms with Crippen molar-refractivity contribution in [3.05, 3.63) is 58.7 Å². The fourth-order valence-corrected chi connectivity index (χ4v) is 2.97. The molecule has 0 aliphatic carbocycles.